The van der Waals surface area contributed by atoms with Gasteiger partial charge in [0.15, 0.2) is 0 Å². The van der Waals surface area contributed by atoms with Crippen molar-refractivity contribution in [1.82, 2.24) is 0 Å². The molecule has 0 amide bonds. The summed E-state index contributed by atoms with van der Waals surface area (Å²) in [4.78, 5) is 2.74. The number of rotatable bonds is 2. The summed E-state index contributed by atoms with van der Waals surface area (Å²) in [5, 5.41) is 3.54. The van der Waals surface area contributed by atoms with Crippen molar-refractivity contribution < 1.29 is 0 Å². The molecule has 0 radical (unpaired) electrons. The lowest BCUT2D eigenvalue weighted by molar-refractivity contribution is 0.866. The topological polar surface area (TPSA) is 48.8 Å². The van der Waals surface area contributed by atoms with Crippen molar-refractivity contribution in [2.45, 2.75) is 19.8 Å². The van der Waals surface area contributed by atoms with Gasteiger partial charge in [0, 0.05) is 9.38 Å². The molecule has 13 heavy (non-hydrogen) atoms. The van der Waals surface area contributed by atoms with Crippen LogP contribution in [0.5, 0.6) is 0 Å². The second-order valence-corrected chi connectivity index (χ2v) is 3.91. The standard InChI is InChI=1S/C9H10BrN3/c1-6(2)7-3-4-9(12-13-11)8(10)5-7/h3-6H,1-2H3. The van der Waals surface area contributed by atoms with Gasteiger partial charge in [0.2, 0.25) is 0 Å². The van der Waals surface area contributed by atoms with Crippen molar-refractivity contribution in [3.05, 3.63) is 38.7 Å². The van der Waals surface area contributed by atoms with Crippen LogP contribution in [-0.4, -0.2) is 0 Å². The molecule has 0 unspecified atom stereocenters. The fourth-order valence-electron chi connectivity index (χ4n) is 1.01. The highest BCUT2D eigenvalue weighted by Crippen LogP contribution is 2.29. The summed E-state index contributed by atoms with van der Waals surface area (Å²) in [7, 11) is 0. The maximum atomic E-state index is 8.26. The van der Waals surface area contributed by atoms with Crippen LogP contribution < -0.4 is 0 Å². The predicted octanol–water partition coefficient (Wildman–Crippen LogP) is 4.51. The average Bonchev–Trinajstić information content (AvgIpc) is 2.08. The Morgan fingerprint density at radius 2 is 2.15 bits per heavy atom. The second kappa shape index (κ2) is 4.30. The minimum Gasteiger partial charge on any atom is -0.0596 e. The molecule has 3 nitrogen and oxygen atoms in total. The summed E-state index contributed by atoms with van der Waals surface area (Å²) in [6, 6.07) is 5.77. The maximum Gasteiger partial charge on any atom is 0.0517 e. The summed E-state index contributed by atoms with van der Waals surface area (Å²) in [6.45, 7) is 4.24. The number of hydrogen-bond acceptors (Lipinski definition) is 1. The molecule has 0 aliphatic rings. The highest BCUT2D eigenvalue weighted by molar-refractivity contribution is 9.10. The first-order valence-electron chi connectivity index (χ1n) is 3.99. The van der Waals surface area contributed by atoms with Crippen molar-refractivity contribution >= 4 is 21.6 Å². The molecule has 1 rings (SSSR count). The zero-order valence-corrected chi connectivity index (χ0v) is 9.12. The number of azide groups is 1. The number of nitrogens with zero attached hydrogens (tertiary/aromatic N) is 3. The van der Waals surface area contributed by atoms with Gasteiger partial charge >= 0.3 is 0 Å². The van der Waals surface area contributed by atoms with E-state index in [-0.39, 0.29) is 0 Å². The lowest BCUT2D eigenvalue weighted by Gasteiger charge is -2.06. The van der Waals surface area contributed by atoms with E-state index in [4.69, 9.17) is 5.53 Å². The average molecular weight is 240 g/mol. The van der Waals surface area contributed by atoms with Gasteiger partial charge in [-0.2, -0.15) is 0 Å². The Hall–Kier alpha value is -0.990. The number of hydrogen-bond donors (Lipinski definition) is 0. The molecule has 1 aromatic carbocycles. The molecule has 1 aromatic rings. The minimum absolute atomic E-state index is 0.483. The van der Waals surface area contributed by atoms with Crippen LogP contribution in [0.25, 0.3) is 10.4 Å². The molecule has 0 saturated heterocycles. The van der Waals surface area contributed by atoms with Gasteiger partial charge in [0.25, 0.3) is 0 Å². The minimum atomic E-state index is 0.483. The lowest BCUT2D eigenvalue weighted by atomic mass is 10.0. The highest BCUT2D eigenvalue weighted by Gasteiger charge is 2.02. The van der Waals surface area contributed by atoms with E-state index < -0.39 is 0 Å². The van der Waals surface area contributed by atoms with Gasteiger partial charge < -0.3 is 0 Å². The summed E-state index contributed by atoms with van der Waals surface area (Å²) >= 11 is 3.35. The zero-order chi connectivity index (χ0) is 9.84. The molecule has 0 spiro atoms. The van der Waals surface area contributed by atoms with Crippen LogP contribution in [0, 0.1) is 0 Å². The summed E-state index contributed by atoms with van der Waals surface area (Å²) in [6.07, 6.45) is 0. The van der Waals surface area contributed by atoms with Gasteiger partial charge in [0.05, 0.1) is 5.69 Å². The van der Waals surface area contributed by atoms with Gasteiger partial charge in [-0.05, 0) is 23.1 Å². The van der Waals surface area contributed by atoms with Crippen molar-refractivity contribution in [3.8, 4) is 0 Å². The molecule has 0 bridgehead atoms. The van der Waals surface area contributed by atoms with Gasteiger partial charge in [-0.15, -0.1) is 0 Å². The number of benzene rings is 1. The Morgan fingerprint density at radius 1 is 1.46 bits per heavy atom. The third kappa shape index (κ3) is 2.47. The van der Waals surface area contributed by atoms with Gasteiger partial charge in [-0.1, -0.05) is 47.0 Å². The van der Waals surface area contributed by atoms with E-state index in [1.807, 2.05) is 18.2 Å². The Balaban J connectivity index is 3.12. The largest absolute Gasteiger partial charge is 0.0596 e. The summed E-state index contributed by atoms with van der Waals surface area (Å²) in [5.41, 5.74) is 10.1. The first-order chi connectivity index (χ1) is 6.15. The van der Waals surface area contributed by atoms with E-state index in [0.717, 1.165) is 4.47 Å². The van der Waals surface area contributed by atoms with Crippen molar-refractivity contribution in [2.75, 3.05) is 0 Å². The Bertz CT molecular complexity index is 354. The summed E-state index contributed by atoms with van der Waals surface area (Å²) in [5.74, 6) is 0.483. The summed E-state index contributed by atoms with van der Waals surface area (Å²) < 4.78 is 0.844. The Morgan fingerprint density at radius 3 is 2.62 bits per heavy atom. The first kappa shape index (κ1) is 10.1. The molecule has 0 fully saturated rings. The molecule has 68 valence electrons. The van der Waals surface area contributed by atoms with Crippen molar-refractivity contribution in [1.29, 1.82) is 0 Å². The molecule has 0 atom stereocenters. The lowest BCUT2D eigenvalue weighted by Crippen LogP contribution is -1.85. The molecule has 0 aliphatic heterocycles. The van der Waals surface area contributed by atoms with Gasteiger partial charge in [0.1, 0.15) is 0 Å². The van der Waals surface area contributed by atoms with Crippen LogP contribution in [0.1, 0.15) is 25.3 Å². The molecule has 0 aliphatic carbocycles. The fraction of sp³-hybridized carbons (Fsp3) is 0.333. The molecule has 4 heteroatoms. The third-order valence-electron chi connectivity index (χ3n) is 1.79. The van der Waals surface area contributed by atoms with Crippen LogP contribution >= 0.6 is 15.9 Å². The molecule has 0 N–H and O–H groups in total. The molecule has 0 heterocycles. The van der Waals surface area contributed by atoms with E-state index in [2.05, 4.69) is 39.8 Å². The van der Waals surface area contributed by atoms with Crippen LogP contribution in [0.2, 0.25) is 0 Å². The van der Waals surface area contributed by atoms with Gasteiger partial charge in [-0.3, -0.25) is 0 Å². The molecular formula is C9H10BrN3. The van der Waals surface area contributed by atoms with Crippen molar-refractivity contribution in [3.63, 3.8) is 0 Å². The Labute approximate surface area is 85.5 Å². The molecular weight excluding hydrogens is 230 g/mol. The van der Waals surface area contributed by atoms with Crippen LogP contribution in [0.4, 0.5) is 5.69 Å². The monoisotopic (exact) mass is 239 g/mol. The zero-order valence-electron chi connectivity index (χ0n) is 7.53. The van der Waals surface area contributed by atoms with E-state index in [1.165, 1.54) is 5.56 Å². The third-order valence-corrected chi connectivity index (χ3v) is 2.43. The molecule has 0 aromatic heterocycles. The SMILES string of the molecule is CC(C)c1ccc(N=[N+]=[N-])c(Br)c1. The van der Waals surface area contributed by atoms with E-state index >= 15 is 0 Å². The number of halogens is 1. The highest BCUT2D eigenvalue weighted by atomic mass is 79.9. The maximum absolute atomic E-state index is 8.26. The van der Waals surface area contributed by atoms with Crippen LogP contribution in [-0.2, 0) is 0 Å². The van der Waals surface area contributed by atoms with E-state index in [9.17, 15) is 0 Å². The normalized spacial score (nSPS) is 9.85. The quantitative estimate of drug-likeness (QED) is 0.414. The fourth-order valence-corrected chi connectivity index (χ4v) is 1.49. The smallest absolute Gasteiger partial charge is 0.0517 e. The first-order valence-corrected chi connectivity index (χ1v) is 4.79. The van der Waals surface area contributed by atoms with Crippen LogP contribution in [0.3, 0.4) is 0 Å². The second-order valence-electron chi connectivity index (χ2n) is 3.05. The van der Waals surface area contributed by atoms with Gasteiger partial charge in [-0.25, -0.2) is 0 Å². The Kier molecular flexibility index (Phi) is 3.34. The predicted molar refractivity (Wildman–Crippen MR) is 57.0 cm³/mol. The molecule has 0 saturated carbocycles. The van der Waals surface area contributed by atoms with E-state index in [1.54, 1.807) is 0 Å². The van der Waals surface area contributed by atoms with Crippen molar-refractivity contribution in [2.24, 2.45) is 5.11 Å². The van der Waals surface area contributed by atoms with E-state index in [0.29, 0.717) is 11.6 Å². The van der Waals surface area contributed by atoms with Crippen LogP contribution in [0.15, 0.2) is 27.8 Å².